The van der Waals surface area contributed by atoms with Gasteiger partial charge in [-0.25, -0.2) is 0 Å². The van der Waals surface area contributed by atoms with Crippen molar-refractivity contribution in [2.24, 2.45) is 0 Å². The first-order valence-corrected chi connectivity index (χ1v) is 8.68. The van der Waals surface area contributed by atoms with Crippen molar-refractivity contribution in [3.63, 3.8) is 0 Å². The van der Waals surface area contributed by atoms with Crippen molar-refractivity contribution in [2.75, 3.05) is 13.7 Å². The van der Waals surface area contributed by atoms with Crippen molar-refractivity contribution in [3.05, 3.63) is 65.2 Å². The Hall–Kier alpha value is -2.82. The summed E-state index contributed by atoms with van der Waals surface area (Å²) in [4.78, 5) is 25.6. The van der Waals surface area contributed by atoms with E-state index in [0.29, 0.717) is 19.6 Å². The molecule has 0 heterocycles. The van der Waals surface area contributed by atoms with Gasteiger partial charge in [0, 0.05) is 33.0 Å². The second-order valence-corrected chi connectivity index (χ2v) is 6.30. The number of methoxy groups -OCH3 is 1. The summed E-state index contributed by atoms with van der Waals surface area (Å²) in [5.41, 5.74) is 3.25. The number of benzene rings is 2. The lowest BCUT2D eigenvalue weighted by molar-refractivity contribution is -0.130. The Balaban J connectivity index is 1.82. The van der Waals surface area contributed by atoms with E-state index in [-0.39, 0.29) is 18.2 Å². The third-order valence-corrected chi connectivity index (χ3v) is 4.20. The number of aryl methyl sites for hydroxylation is 1. The lowest BCUT2D eigenvalue weighted by Gasteiger charge is -2.21. The van der Waals surface area contributed by atoms with E-state index >= 15 is 0 Å². The molecular formula is C21H26N2O3. The molecule has 2 aromatic rings. The Morgan fingerprint density at radius 3 is 2.19 bits per heavy atom. The van der Waals surface area contributed by atoms with Crippen molar-refractivity contribution in [1.82, 2.24) is 10.2 Å². The van der Waals surface area contributed by atoms with Gasteiger partial charge in [-0.3, -0.25) is 9.59 Å². The zero-order valence-electron chi connectivity index (χ0n) is 15.6. The zero-order valence-corrected chi connectivity index (χ0v) is 15.6. The molecule has 26 heavy (non-hydrogen) atoms. The summed E-state index contributed by atoms with van der Waals surface area (Å²) in [6, 6.07) is 15.6. The third kappa shape index (κ3) is 6.24. The molecule has 2 amide bonds. The van der Waals surface area contributed by atoms with Gasteiger partial charge in [-0.15, -0.1) is 0 Å². The van der Waals surface area contributed by atoms with Crippen LogP contribution in [0.15, 0.2) is 48.5 Å². The van der Waals surface area contributed by atoms with E-state index in [0.717, 1.165) is 16.9 Å². The molecule has 0 aliphatic carbocycles. The van der Waals surface area contributed by atoms with Gasteiger partial charge in [-0.2, -0.15) is 0 Å². The van der Waals surface area contributed by atoms with Crippen LogP contribution in [0.2, 0.25) is 0 Å². The molecule has 0 aromatic heterocycles. The van der Waals surface area contributed by atoms with Gasteiger partial charge in [0.1, 0.15) is 5.75 Å². The predicted molar refractivity (Wildman–Crippen MR) is 102 cm³/mol. The van der Waals surface area contributed by atoms with E-state index in [9.17, 15) is 9.59 Å². The normalized spacial score (nSPS) is 10.3. The van der Waals surface area contributed by atoms with E-state index in [1.165, 1.54) is 12.5 Å². The standard InChI is InChI=1S/C21H26N2O3/c1-16-4-6-18(7-5-16)14-22-21(25)12-13-23(17(2)24)15-19-8-10-20(26-3)11-9-19/h4-11H,12-15H2,1-3H3,(H,22,25). The number of amides is 2. The van der Waals surface area contributed by atoms with E-state index in [2.05, 4.69) is 5.32 Å². The molecule has 0 fully saturated rings. The molecule has 2 rings (SSSR count). The van der Waals surface area contributed by atoms with Crippen molar-refractivity contribution in [3.8, 4) is 5.75 Å². The quantitative estimate of drug-likeness (QED) is 0.793. The molecule has 138 valence electrons. The maximum Gasteiger partial charge on any atom is 0.222 e. The molecule has 0 aliphatic rings. The summed E-state index contributed by atoms with van der Waals surface area (Å²) in [7, 11) is 1.62. The Kier molecular flexibility index (Phi) is 7.21. The number of rotatable bonds is 8. The summed E-state index contributed by atoms with van der Waals surface area (Å²) < 4.78 is 5.14. The second-order valence-electron chi connectivity index (χ2n) is 6.30. The van der Waals surface area contributed by atoms with Crippen molar-refractivity contribution in [2.45, 2.75) is 33.4 Å². The topological polar surface area (TPSA) is 58.6 Å². The average molecular weight is 354 g/mol. The molecule has 5 nitrogen and oxygen atoms in total. The molecule has 0 saturated heterocycles. The molecule has 2 aromatic carbocycles. The highest BCUT2D eigenvalue weighted by atomic mass is 16.5. The van der Waals surface area contributed by atoms with Crippen LogP contribution in [-0.4, -0.2) is 30.4 Å². The Bertz CT molecular complexity index is 724. The molecule has 1 N–H and O–H groups in total. The summed E-state index contributed by atoms with van der Waals surface area (Å²) >= 11 is 0. The first-order chi connectivity index (χ1) is 12.5. The molecule has 0 bridgehead atoms. The minimum Gasteiger partial charge on any atom is -0.497 e. The zero-order chi connectivity index (χ0) is 18.9. The molecule has 0 radical (unpaired) electrons. The lowest BCUT2D eigenvalue weighted by atomic mass is 10.1. The largest absolute Gasteiger partial charge is 0.497 e. The number of carbonyl (C=O) groups excluding carboxylic acids is 2. The van der Waals surface area contributed by atoms with Crippen LogP contribution in [0.25, 0.3) is 0 Å². The minimum absolute atomic E-state index is 0.0489. The highest BCUT2D eigenvalue weighted by Crippen LogP contribution is 2.13. The number of ether oxygens (including phenoxy) is 1. The SMILES string of the molecule is COc1ccc(CN(CCC(=O)NCc2ccc(C)cc2)C(C)=O)cc1. The number of hydrogen-bond acceptors (Lipinski definition) is 3. The fraction of sp³-hybridized carbons (Fsp3) is 0.333. The van der Waals surface area contributed by atoms with E-state index in [4.69, 9.17) is 4.74 Å². The molecular weight excluding hydrogens is 328 g/mol. The summed E-state index contributed by atoms with van der Waals surface area (Å²) in [5, 5.41) is 2.90. The lowest BCUT2D eigenvalue weighted by Crippen LogP contribution is -2.33. The fourth-order valence-corrected chi connectivity index (χ4v) is 2.53. The van der Waals surface area contributed by atoms with E-state index in [1.807, 2.05) is 55.5 Å². The van der Waals surface area contributed by atoms with Crippen molar-refractivity contribution >= 4 is 11.8 Å². The number of hydrogen-bond donors (Lipinski definition) is 1. The maximum atomic E-state index is 12.1. The Morgan fingerprint density at radius 1 is 1.00 bits per heavy atom. The maximum absolute atomic E-state index is 12.1. The Labute approximate surface area is 155 Å². The van der Waals surface area contributed by atoms with E-state index < -0.39 is 0 Å². The molecule has 0 spiro atoms. The first kappa shape index (κ1) is 19.5. The monoisotopic (exact) mass is 354 g/mol. The Morgan fingerprint density at radius 2 is 1.62 bits per heavy atom. The minimum atomic E-state index is -0.0634. The van der Waals surface area contributed by atoms with Crippen LogP contribution >= 0.6 is 0 Å². The van der Waals surface area contributed by atoms with Crippen LogP contribution in [0, 0.1) is 6.92 Å². The van der Waals surface area contributed by atoms with E-state index in [1.54, 1.807) is 12.0 Å². The highest BCUT2D eigenvalue weighted by Gasteiger charge is 2.12. The van der Waals surface area contributed by atoms with Crippen molar-refractivity contribution < 1.29 is 14.3 Å². The van der Waals surface area contributed by atoms with Gasteiger partial charge in [-0.05, 0) is 30.2 Å². The average Bonchev–Trinajstić information content (AvgIpc) is 2.65. The van der Waals surface area contributed by atoms with Gasteiger partial charge < -0.3 is 15.0 Å². The van der Waals surface area contributed by atoms with Gasteiger partial charge in [0.15, 0.2) is 0 Å². The number of nitrogens with zero attached hydrogens (tertiary/aromatic N) is 1. The van der Waals surface area contributed by atoms with Crippen molar-refractivity contribution in [1.29, 1.82) is 0 Å². The molecule has 0 saturated carbocycles. The molecule has 5 heteroatoms. The smallest absolute Gasteiger partial charge is 0.222 e. The highest BCUT2D eigenvalue weighted by molar-refractivity contribution is 5.78. The van der Waals surface area contributed by atoms with Crippen LogP contribution < -0.4 is 10.1 Å². The van der Waals surface area contributed by atoms with Gasteiger partial charge in [0.2, 0.25) is 11.8 Å². The van der Waals surface area contributed by atoms with Crippen LogP contribution in [0.1, 0.15) is 30.0 Å². The number of carbonyl (C=O) groups is 2. The second kappa shape index (κ2) is 9.61. The molecule has 0 unspecified atom stereocenters. The van der Waals surface area contributed by atoms with Crippen LogP contribution in [0.5, 0.6) is 5.75 Å². The van der Waals surface area contributed by atoms with Gasteiger partial charge in [0.05, 0.1) is 7.11 Å². The van der Waals surface area contributed by atoms with Crippen LogP contribution in [-0.2, 0) is 22.7 Å². The fourth-order valence-electron chi connectivity index (χ4n) is 2.53. The van der Waals surface area contributed by atoms with Gasteiger partial charge in [-0.1, -0.05) is 42.0 Å². The number of nitrogens with one attached hydrogen (secondary N) is 1. The van der Waals surface area contributed by atoms with Gasteiger partial charge in [0.25, 0.3) is 0 Å². The predicted octanol–water partition coefficient (Wildman–Crippen LogP) is 3.06. The summed E-state index contributed by atoms with van der Waals surface area (Å²) in [5.74, 6) is 0.664. The van der Waals surface area contributed by atoms with Gasteiger partial charge >= 0.3 is 0 Å². The molecule has 0 atom stereocenters. The third-order valence-electron chi connectivity index (χ3n) is 4.20. The molecule has 0 aliphatic heterocycles. The first-order valence-electron chi connectivity index (χ1n) is 8.68. The summed E-state index contributed by atoms with van der Waals surface area (Å²) in [6.07, 6.45) is 0.279. The summed E-state index contributed by atoms with van der Waals surface area (Å²) in [6.45, 7) is 4.92. The van der Waals surface area contributed by atoms with Crippen LogP contribution in [0.4, 0.5) is 0 Å². The van der Waals surface area contributed by atoms with Crippen LogP contribution in [0.3, 0.4) is 0 Å².